The van der Waals surface area contributed by atoms with Crippen molar-refractivity contribution in [1.82, 2.24) is 5.32 Å². The van der Waals surface area contributed by atoms with Gasteiger partial charge in [0.15, 0.2) is 0 Å². The molecule has 0 spiro atoms. The van der Waals surface area contributed by atoms with Crippen molar-refractivity contribution in [2.75, 3.05) is 13.2 Å². The third kappa shape index (κ3) is 2.30. The number of esters is 1. The van der Waals surface area contributed by atoms with Gasteiger partial charge in [-0.15, -0.1) is 0 Å². The molecule has 19 heavy (non-hydrogen) atoms. The van der Waals surface area contributed by atoms with Crippen LogP contribution in [0.5, 0.6) is 0 Å². The highest BCUT2D eigenvalue weighted by atomic mass is 16.5. The van der Waals surface area contributed by atoms with Crippen molar-refractivity contribution in [3.05, 3.63) is 48.0 Å². The van der Waals surface area contributed by atoms with Crippen molar-refractivity contribution >= 4 is 5.97 Å². The fraction of sp³-hybridized carbons (Fsp3) is 0.438. The van der Waals surface area contributed by atoms with E-state index in [9.17, 15) is 4.79 Å². The van der Waals surface area contributed by atoms with Crippen LogP contribution in [0.3, 0.4) is 0 Å². The molecule has 0 aromatic heterocycles. The SMILES string of the molecule is CCOC(=O)/C=C/C12CN[C@H](c3ccccc3)C1C2. The first kappa shape index (κ1) is 12.4. The zero-order valence-electron chi connectivity index (χ0n) is 11.1. The number of hydrogen-bond acceptors (Lipinski definition) is 3. The van der Waals surface area contributed by atoms with Crippen molar-refractivity contribution in [3.63, 3.8) is 0 Å². The van der Waals surface area contributed by atoms with Gasteiger partial charge in [0, 0.05) is 24.1 Å². The van der Waals surface area contributed by atoms with E-state index in [2.05, 4.69) is 29.6 Å². The summed E-state index contributed by atoms with van der Waals surface area (Å²) in [5.41, 5.74) is 1.52. The van der Waals surface area contributed by atoms with E-state index in [0.29, 0.717) is 18.6 Å². The lowest BCUT2D eigenvalue weighted by molar-refractivity contribution is -0.137. The van der Waals surface area contributed by atoms with Gasteiger partial charge in [-0.3, -0.25) is 0 Å². The summed E-state index contributed by atoms with van der Waals surface area (Å²) < 4.78 is 4.93. The largest absolute Gasteiger partial charge is 0.463 e. The summed E-state index contributed by atoms with van der Waals surface area (Å²) in [4.78, 5) is 11.4. The maximum absolute atomic E-state index is 11.4. The second-order valence-corrected chi connectivity index (χ2v) is 5.40. The van der Waals surface area contributed by atoms with Gasteiger partial charge in [0.1, 0.15) is 0 Å². The van der Waals surface area contributed by atoms with Crippen LogP contribution in [-0.2, 0) is 9.53 Å². The van der Waals surface area contributed by atoms with Crippen molar-refractivity contribution in [1.29, 1.82) is 0 Å². The predicted octanol–water partition coefficient (Wildman–Crippen LogP) is 2.46. The van der Waals surface area contributed by atoms with E-state index < -0.39 is 0 Å². The second-order valence-electron chi connectivity index (χ2n) is 5.40. The Balaban J connectivity index is 1.67. The van der Waals surface area contributed by atoms with E-state index in [4.69, 9.17) is 4.74 Å². The number of carbonyl (C=O) groups is 1. The number of benzene rings is 1. The maximum atomic E-state index is 11.4. The first-order chi connectivity index (χ1) is 9.25. The third-order valence-corrected chi connectivity index (χ3v) is 4.23. The van der Waals surface area contributed by atoms with Crippen LogP contribution in [0.4, 0.5) is 0 Å². The fourth-order valence-corrected chi connectivity index (χ4v) is 3.13. The molecule has 3 nitrogen and oxygen atoms in total. The third-order valence-electron chi connectivity index (χ3n) is 4.23. The molecule has 0 amide bonds. The van der Waals surface area contributed by atoms with E-state index in [1.165, 1.54) is 5.56 Å². The van der Waals surface area contributed by atoms with Crippen molar-refractivity contribution in [3.8, 4) is 0 Å². The molecule has 1 aliphatic heterocycles. The summed E-state index contributed by atoms with van der Waals surface area (Å²) in [5, 5.41) is 3.57. The normalized spacial score (nSPS) is 32.3. The summed E-state index contributed by atoms with van der Waals surface area (Å²) in [6.07, 6.45) is 4.81. The first-order valence-electron chi connectivity index (χ1n) is 6.89. The molecule has 2 aliphatic rings. The molecule has 2 fully saturated rings. The van der Waals surface area contributed by atoms with E-state index in [1.54, 1.807) is 6.08 Å². The molecule has 0 radical (unpaired) electrons. The molecule has 3 atom stereocenters. The fourth-order valence-electron chi connectivity index (χ4n) is 3.13. The lowest BCUT2D eigenvalue weighted by atomic mass is 10.00. The van der Waals surface area contributed by atoms with Gasteiger partial charge >= 0.3 is 5.97 Å². The van der Waals surface area contributed by atoms with Crippen LogP contribution in [-0.4, -0.2) is 19.1 Å². The van der Waals surface area contributed by atoms with E-state index in [0.717, 1.165) is 13.0 Å². The van der Waals surface area contributed by atoms with E-state index >= 15 is 0 Å². The average molecular weight is 257 g/mol. The molecule has 2 unspecified atom stereocenters. The van der Waals surface area contributed by atoms with Gasteiger partial charge in [0.05, 0.1) is 6.61 Å². The molecule has 1 N–H and O–H groups in total. The van der Waals surface area contributed by atoms with Gasteiger partial charge in [0.25, 0.3) is 0 Å². The maximum Gasteiger partial charge on any atom is 0.330 e. The molecule has 1 aromatic carbocycles. The summed E-state index contributed by atoms with van der Waals surface area (Å²) in [5.74, 6) is 0.381. The van der Waals surface area contributed by atoms with Crippen molar-refractivity contribution < 1.29 is 9.53 Å². The van der Waals surface area contributed by atoms with Crippen LogP contribution in [0, 0.1) is 11.3 Å². The van der Waals surface area contributed by atoms with Gasteiger partial charge in [0.2, 0.25) is 0 Å². The zero-order chi connectivity index (χ0) is 13.3. The highest BCUT2D eigenvalue weighted by Gasteiger charge is 2.60. The number of nitrogens with one attached hydrogen (secondary N) is 1. The first-order valence-corrected chi connectivity index (χ1v) is 6.89. The Labute approximate surface area is 113 Å². The lowest BCUT2D eigenvalue weighted by Crippen LogP contribution is -2.19. The molecule has 3 rings (SSSR count). The second kappa shape index (κ2) is 4.82. The molecule has 3 heteroatoms. The van der Waals surface area contributed by atoms with Crippen LogP contribution in [0.2, 0.25) is 0 Å². The molecular formula is C16H19NO2. The molecule has 1 saturated heterocycles. The number of carbonyl (C=O) groups excluding carboxylic acids is 1. The Morgan fingerprint density at radius 1 is 1.47 bits per heavy atom. The smallest absolute Gasteiger partial charge is 0.330 e. The molecule has 100 valence electrons. The van der Waals surface area contributed by atoms with Gasteiger partial charge < -0.3 is 10.1 Å². The zero-order valence-corrected chi connectivity index (χ0v) is 11.1. The van der Waals surface area contributed by atoms with Crippen molar-refractivity contribution in [2.24, 2.45) is 11.3 Å². The molecule has 1 aliphatic carbocycles. The molecule has 1 saturated carbocycles. The predicted molar refractivity (Wildman–Crippen MR) is 73.5 cm³/mol. The summed E-state index contributed by atoms with van der Waals surface area (Å²) in [6.45, 7) is 3.21. The number of hydrogen-bond donors (Lipinski definition) is 1. The molecule has 1 heterocycles. The Hall–Kier alpha value is -1.61. The minimum Gasteiger partial charge on any atom is -0.463 e. The minimum atomic E-state index is -0.231. The topological polar surface area (TPSA) is 38.3 Å². The van der Waals surface area contributed by atoms with Gasteiger partial charge in [-0.05, 0) is 24.8 Å². The molecule has 0 bridgehead atoms. The minimum absolute atomic E-state index is 0.174. The van der Waals surface area contributed by atoms with Crippen LogP contribution in [0.15, 0.2) is 42.5 Å². The highest BCUT2D eigenvalue weighted by molar-refractivity contribution is 5.82. The quantitative estimate of drug-likeness (QED) is 0.665. The number of rotatable bonds is 4. The highest BCUT2D eigenvalue weighted by Crippen LogP contribution is 2.63. The van der Waals surface area contributed by atoms with E-state index in [-0.39, 0.29) is 11.4 Å². The molecule has 1 aromatic rings. The summed E-state index contributed by atoms with van der Waals surface area (Å²) >= 11 is 0. The number of fused-ring (bicyclic) bond motifs is 1. The monoisotopic (exact) mass is 257 g/mol. The van der Waals surface area contributed by atoms with Crippen LogP contribution < -0.4 is 5.32 Å². The molecular weight excluding hydrogens is 238 g/mol. The Morgan fingerprint density at radius 3 is 2.95 bits per heavy atom. The Morgan fingerprint density at radius 2 is 2.26 bits per heavy atom. The van der Waals surface area contributed by atoms with Gasteiger partial charge in [-0.25, -0.2) is 4.79 Å². The van der Waals surface area contributed by atoms with Crippen molar-refractivity contribution in [2.45, 2.75) is 19.4 Å². The average Bonchev–Trinajstić information content (AvgIpc) is 3.04. The Bertz CT molecular complexity index is 497. The van der Waals surface area contributed by atoms with Crippen LogP contribution in [0.25, 0.3) is 0 Å². The van der Waals surface area contributed by atoms with Crippen LogP contribution >= 0.6 is 0 Å². The van der Waals surface area contributed by atoms with Crippen LogP contribution in [0.1, 0.15) is 24.9 Å². The number of piperidine rings is 1. The summed E-state index contributed by atoms with van der Waals surface area (Å²) in [7, 11) is 0. The van der Waals surface area contributed by atoms with E-state index in [1.807, 2.05) is 19.1 Å². The number of ether oxygens (including phenoxy) is 1. The lowest BCUT2D eigenvalue weighted by Gasteiger charge is -2.12. The van der Waals surface area contributed by atoms with Gasteiger partial charge in [-0.2, -0.15) is 0 Å². The summed E-state index contributed by atoms with van der Waals surface area (Å²) in [6, 6.07) is 11.0. The van der Waals surface area contributed by atoms with Gasteiger partial charge in [-0.1, -0.05) is 36.4 Å². The Kier molecular flexibility index (Phi) is 3.15. The standard InChI is InChI=1S/C16H19NO2/c1-2-19-14(18)8-9-16-10-13(16)15(17-11-16)12-6-4-3-5-7-12/h3-9,13,15,17H,2,10-11H2,1H3/b9-8+/t13?,15-,16?/m1/s1.